The zero-order valence-corrected chi connectivity index (χ0v) is 22.3. The molecular weight excluding hydrogens is 490 g/mol. The van der Waals surface area contributed by atoms with E-state index < -0.39 is 14.6 Å². The van der Waals surface area contributed by atoms with Gasteiger partial charge in [-0.15, -0.1) is 5.10 Å². The third-order valence-corrected chi connectivity index (χ3v) is 10.7. The largest absolute Gasteiger partial charge is 0.335 e. The molecule has 2 fully saturated rings. The Morgan fingerprint density at radius 1 is 1.19 bits per heavy atom. The fraction of sp³-hybridized carbons (Fsp3) is 0.538. The van der Waals surface area contributed by atoms with E-state index in [-0.39, 0.29) is 17.2 Å². The maximum atomic E-state index is 13.4. The van der Waals surface area contributed by atoms with Gasteiger partial charge in [-0.2, -0.15) is 5.26 Å². The number of nitrogens with one attached hydrogen (secondary N) is 1. The van der Waals surface area contributed by atoms with Crippen LogP contribution in [0.2, 0.25) is 0 Å². The predicted molar refractivity (Wildman–Crippen MR) is 137 cm³/mol. The molecule has 0 saturated heterocycles. The number of hydrogen-bond acceptors (Lipinski definition) is 8. The first-order valence-corrected chi connectivity index (χ1v) is 14.5. The van der Waals surface area contributed by atoms with E-state index >= 15 is 0 Å². The van der Waals surface area contributed by atoms with Crippen molar-refractivity contribution < 1.29 is 13.2 Å². The summed E-state index contributed by atoms with van der Waals surface area (Å²) in [5, 5.41) is 19.1. The minimum Gasteiger partial charge on any atom is -0.335 e. The average molecular weight is 524 g/mol. The van der Waals surface area contributed by atoms with Crippen molar-refractivity contribution in [2.24, 2.45) is 0 Å². The summed E-state index contributed by atoms with van der Waals surface area (Å²) in [5.74, 6) is -0.119. The molecular formula is C26H33N7O3S. The van der Waals surface area contributed by atoms with Crippen molar-refractivity contribution in [2.45, 2.75) is 68.5 Å². The van der Waals surface area contributed by atoms with Gasteiger partial charge in [-0.05, 0) is 55.4 Å². The highest BCUT2D eigenvalue weighted by atomic mass is 32.2. The van der Waals surface area contributed by atoms with Crippen LogP contribution in [0.5, 0.6) is 0 Å². The van der Waals surface area contributed by atoms with E-state index in [0.717, 1.165) is 29.7 Å². The predicted octanol–water partition coefficient (Wildman–Crippen LogP) is 2.31. The molecule has 1 N–H and O–H groups in total. The zero-order chi connectivity index (χ0) is 26.4. The van der Waals surface area contributed by atoms with E-state index in [1.807, 2.05) is 39.2 Å². The van der Waals surface area contributed by atoms with Gasteiger partial charge in [-0.25, -0.2) is 18.5 Å². The Morgan fingerprint density at radius 3 is 2.51 bits per heavy atom. The molecule has 1 amide bonds. The number of benzene rings is 1. The molecule has 1 atom stereocenters. The van der Waals surface area contributed by atoms with E-state index in [2.05, 4.69) is 21.8 Å². The summed E-state index contributed by atoms with van der Waals surface area (Å²) in [6, 6.07) is 9.21. The van der Waals surface area contributed by atoms with Crippen LogP contribution >= 0.6 is 0 Å². The van der Waals surface area contributed by atoms with E-state index in [4.69, 9.17) is 5.26 Å². The van der Waals surface area contributed by atoms with Gasteiger partial charge in [0, 0.05) is 20.1 Å². The van der Waals surface area contributed by atoms with Crippen LogP contribution in [0.1, 0.15) is 68.8 Å². The highest BCUT2D eigenvalue weighted by Gasteiger charge is 2.60. The fourth-order valence-corrected chi connectivity index (χ4v) is 7.75. The number of aromatic nitrogens is 3. The first-order chi connectivity index (χ1) is 17.8. The smallest absolute Gasteiger partial charge is 0.271 e. The van der Waals surface area contributed by atoms with Crippen molar-refractivity contribution >= 4 is 15.7 Å². The van der Waals surface area contributed by atoms with E-state index in [0.29, 0.717) is 50.2 Å². The Hall–Kier alpha value is -3.23. The molecule has 2 saturated carbocycles. The van der Waals surface area contributed by atoms with Crippen molar-refractivity contribution in [3.05, 3.63) is 58.6 Å². The molecule has 1 aromatic carbocycles. The Balaban J connectivity index is 0.00000137. The van der Waals surface area contributed by atoms with Gasteiger partial charge in [0.05, 0.1) is 40.4 Å². The quantitative estimate of drug-likeness (QED) is 0.586. The van der Waals surface area contributed by atoms with Crippen molar-refractivity contribution in [3.8, 4) is 6.07 Å². The summed E-state index contributed by atoms with van der Waals surface area (Å²) in [7, 11) is -1.36. The molecule has 6 rings (SSSR count). The minimum absolute atomic E-state index is 0.119. The summed E-state index contributed by atoms with van der Waals surface area (Å²) in [6.07, 6.45) is 5.35. The number of nitriles is 1. The lowest BCUT2D eigenvalue weighted by Crippen LogP contribution is -2.47. The highest BCUT2D eigenvalue weighted by Crippen LogP contribution is 2.51. The number of amides is 1. The van der Waals surface area contributed by atoms with E-state index in [1.54, 1.807) is 26.7 Å². The number of nitrogens with zero attached hydrogens (tertiary/aromatic N) is 6. The normalized spacial score (nSPS) is 22.3. The van der Waals surface area contributed by atoms with Crippen LogP contribution in [0, 0.1) is 11.3 Å². The molecule has 0 radical (unpaired) electrons. The fourth-order valence-electron chi connectivity index (χ4n) is 5.28. The highest BCUT2D eigenvalue weighted by molar-refractivity contribution is 7.94. The van der Waals surface area contributed by atoms with E-state index in [1.165, 1.54) is 0 Å². The van der Waals surface area contributed by atoms with Gasteiger partial charge in [0.2, 0.25) is 0 Å². The second kappa shape index (κ2) is 9.58. The minimum atomic E-state index is -3.17. The summed E-state index contributed by atoms with van der Waals surface area (Å²) >= 11 is 0. The van der Waals surface area contributed by atoms with Crippen molar-refractivity contribution in [2.75, 3.05) is 20.1 Å². The molecule has 1 aromatic heterocycles. The Morgan fingerprint density at radius 2 is 1.89 bits per heavy atom. The lowest BCUT2D eigenvalue weighted by molar-refractivity contribution is -0.129. The van der Waals surface area contributed by atoms with Crippen molar-refractivity contribution in [3.63, 3.8) is 0 Å². The Labute approximate surface area is 217 Å². The molecule has 11 heteroatoms. The van der Waals surface area contributed by atoms with Crippen LogP contribution < -0.4 is 5.43 Å². The second-order valence-corrected chi connectivity index (χ2v) is 12.7. The first-order valence-electron chi connectivity index (χ1n) is 13.0. The summed E-state index contributed by atoms with van der Waals surface area (Å²) < 4.78 is 26.9. The number of carbonyl (C=O) groups excluding carboxylic acids is 1. The zero-order valence-electron chi connectivity index (χ0n) is 21.5. The molecule has 2 aromatic rings. The van der Waals surface area contributed by atoms with Crippen LogP contribution in [0.25, 0.3) is 0 Å². The first kappa shape index (κ1) is 25.4. The summed E-state index contributed by atoms with van der Waals surface area (Å²) in [6.45, 7) is 5.32. The second-order valence-electron chi connectivity index (χ2n) is 10.0. The Bertz CT molecular complexity index is 1370. The van der Waals surface area contributed by atoms with Gasteiger partial charge in [0.25, 0.3) is 5.91 Å². The number of hydrogen-bond donors (Lipinski definition) is 1. The van der Waals surface area contributed by atoms with Crippen LogP contribution in [0.4, 0.5) is 0 Å². The standard InChI is InChI=1S/C24H27N7O3S.C2H6/c1-29-22-19(8-11-30(23(22)32)15-24(9-10-24)35(33,34)18-6-7-18)21(27-29)20-14-31(28-26-20)13-17-4-2-16(12-25)3-5-17;1-2/h2-5,14,18,21,27H,6-11,13,15H2,1H3;1-2H3. The number of rotatable bonds is 7. The summed E-state index contributed by atoms with van der Waals surface area (Å²) in [5.41, 5.74) is 7.24. The number of hydrazine groups is 1. The van der Waals surface area contributed by atoms with Crippen LogP contribution in [0.15, 0.2) is 41.7 Å². The lowest BCUT2D eigenvalue weighted by Gasteiger charge is -2.32. The lowest BCUT2D eigenvalue weighted by atomic mass is 9.97. The average Bonchev–Trinajstić information content (AvgIpc) is 3.83. The molecule has 0 bridgehead atoms. The molecule has 196 valence electrons. The van der Waals surface area contributed by atoms with Gasteiger partial charge in [-0.1, -0.05) is 31.2 Å². The van der Waals surface area contributed by atoms with Crippen LogP contribution in [-0.4, -0.2) is 69.4 Å². The van der Waals surface area contributed by atoms with Crippen molar-refractivity contribution in [1.82, 2.24) is 30.3 Å². The molecule has 37 heavy (non-hydrogen) atoms. The van der Waals surface area contributed by atoms with Crippen LogP contribution in [0.3, 0.4) is 0 Å². The molecule has 0 spiro atoms. The molecule has 4 aliphatic rings. The van der Waals surface area contributed by atoms with E-state index in [9.17, 15) is 13.2 Å². The molecule has 2 aliphatic carbocycles. The monoisotopic (exact) mass is 523 g/mol. The van der Waals surface area contributed by atoms with Gasteiger partial charge in [0.15, 0.2) is 9.84 Å². The molecule has 3 heterocycles. The topological polar surface area (TPSA) is 124 Å². The van der Waals surface area contributed by atoms with Crippen LogP contribution in [-0.2, 0) is 21.2 Å². The molecule has 10 nitrogen and oxygen atoms in total. The maximum absolute atomic E-state index is 13.4. The number of sulfone groups is 1. The van der Waals surface area contributed by atoms with Gasteiger partial charge < -0.3 is 9.91 Å². The number of carbonyl (C=O) groups is 1. The number of likely N-dealkylation sites (N-methyl/N-ethyl adjacent to an activating group) is 1. The van der Waals surface area contributed by atoms with Gasteiger partial charge in [-0.3, -0.25) is 4.79 Å². The SMILES string of the molecule is CC.CN1NC(c2cn(Cc3ccc(C#N)cc3)nn2)C2=C1C(=O)N(CC1(S(=O)(=O)C3CC3)CC1)CC2. The Kier molecular flexibility index (Phi) is 6.58. The molecule has 1 unspecified atom stereocenters. The van der Waals surface area contributed by atoms with Crippen molar-refractivity contribution in [1.29, 1.82) is 5.26 Å². The third kappa shape index (κ3) is 4.53. The van der Waals surface area contributed by atoms with Gasteiger partial charge >= 0.3 is 0 Å². The van der Waals surface area contributed by atoms with Gasteiger partial charge in [0.1, 0.15) is 11.4 Å². The third-order valence-electron chi connectivity index (χ3n) is 7.58. The summed E-state index contributed by atoms with van der Waals surface area (Å²) in [4.78, 5) is 15.2. The maximum Gasteiger partial charge on any atom is 0.271 e. The molecule has 2 aliphatic heterocycles.